The van der Waals surface area contributed by atoms with Crippen molar-refractivity contribution in [3.05, 3.63) is 107 Å². The van der Waals surface area contributed by atoms with Crippen LogP contribution in [0, 0.1) is 11.8 Å². The highest BCUT2D eigenvalue weighted by Crippen LogP contribution is 2.33. The summed E-state index contributed by atoms with van der Waals surface area (Å²) in [6.45, 7) is -0.162. The van der Waals surface area contributed by atoms with Crippen molar-refractivity contribution in [3.8, 4) is 46.0 Å². The Morgan fingerprint density at radius 1 is 0.519 bits per heavy atom. The number of phenols is 4. The molecule has 0 amide bonds. The van der Waals surface area contributed by atoms with E-state index in [4.69, 9.17) is 28.4 Å². The summed E-state index contributed by atoms with van der Waals surface area (Å²) in [6.07, 6.45) is 6.20. The Morgan fingerprint density at radius 2 is 0.923 bits per heavy atom. The van der Waals surface area contributed by atoms with Crippen molar-refractivity contribution in [2.24, 2.45) is 11.8 Å². The molecule has 274 valence electrons. The minimum Gasteiger partial charge on any atom is -0.504 e. The Bertz CT molecular complexity index is 1900. The summed E-state index contributed by atoms with van der Waals surface area (Å²) in [6, 6.07) is 19.2. The van der Waals surface area contributed by atoms with Crippen molar-refractivity contribution in [2.75, 3.05) is 41.7 Å². The standard InChI is InChI=1S/C40H42O12/c1-47-35-14-8-25(19-34(35)44)9-15-39(45)51-23-29(17-27-6-12-32(42)37(21-27)49-3)30(18-28-7-13-33(43)38(22-28)50-4)24-52-40(46)16-10-26-5-11-31(41)36(20-26)48-2/h5-16,19-22,29-30,41-44H,17-18,23-24H2,1-4H3. The van der Waals surface area contributed by atoms with Gasteiger partial charge in [-0.3, -0.25) is 0 Å². The van der Waals surface area contributed by atoms with E-state index in [1.807, 2.05) is 0 Å². The summed E-state index contributed by atoms with van der Waals surface area (Å²) in [4.78, 5) is 26.0. The van der Waals surface area contributed by atoms with Crippen molar-refractivity contribution >= 4 is 24.1 Å². The smallest absolute Gasteiger partial charge is 0.330 e. The molecule has 2 unspecified atom stereocenters. The third-order valence-corrected chi connectivity index (χ3v) is 8.26. The van der Waals surface area contributed by atoms with E-state index >= 15 is 0 Å². The van der Waals surface area contributed by atoms with E-state index in [2.05, 4.69) is 0 Å². The second-order valence-corrected chi connectivity index (χ2v) is 11.7. The molecule has 2 atom stereocenters. The van der Waals surface area contributed by atoms with E-state index in [1.54, 1.807) is 48.5 Å². The molecule has 52 heavy (non-hydrogen) atoms. The van der Waals surface area contributed by atoms with Crippen molar-refractivity contribution in [1.29, 1.82) is 0 Å². The van der Waals surface area contributed by atoms with Gasteiger partial charge in [-0.1, -0.05) is 24.3 Å². The monoisotopic (exact) mass is 714 g/mol. The topological polar surface area (TPSA) is 170 Å². The summed E-state index contributed by atoms with van der Waals surface area (Å²) < 4.78 is 32.3. The molecule has 0 bridgehead atoms. The molecule has 0 spiro atoms. The predicted molar refractivity (Wildman–Crippen MR) is 193 cm³/mol. The quantitative estimate of drug-likeness (QED) is 0.0736. The van der Waals surface area contributed by atoms with Gasteiger partial charge in [0.1, 0.15) is 0 Å². The molecule has 0 fully saturated rings. The van der Waals surface area contributed by atoms with Gasteiger partial charge in [0.25, 0.3) is 0 Å². The van der Waals surface area contributed by atoms with Gasteiger partial charge in [-0.25, -0.2) is 9.59 Å². The fourth-order valence-corrected chi connectivity index (χ4v) is 5.44. The second-order valence-electron chi connectivity index (χ2n) is 11.7. The first-order valence-corrected chi connectivity index (χ1v) is 16.2. The molecule has 0 saturated heterocycles. The van der Waals surface area contributed by atoms with E-state index in [9.17, 15) is 30.0 Å². The van der Waals surface area contributed by atoms with E-state index in [-0.39, 0.29) is 53.5 Å². The molecular formula is C40H42O12. The number of hydrogen-bond donors (Lipinski definition) is 4. The van der Waals surface area contributed by atoms with Crippen LogP contribution in [0.2, 0.25) is 0 Å². The van der Waals surface area contributed by atoms with Crippen LogP contribution in [0.4, 0.5) is 0 Å². The van der Waals surface area contributed by atoms with Gasteiger partial charge in [0.2, 0.25) is 0 Å². The summed E-state index contributed by atoms with van der Waals surface area (Å²) in [7, 11) is 5.74. The number of ether oxygens (including phenoxy) is 6. The number of carbonyl (C=O) groups is 2. The van der Waals surface area contributed by atoms with Gasteiger partial charge in [0.15, 0.2) is 46.0 Å². The van der Waals surface area contributed by atoms with Crippen molar-refractivity contribution in [1.82, 2.24) is 0 Å². The van der Waals surface area contributed by atoms with Crippen LogP contribution in [0.5, 0.6) is 46.0 Å². The summed E-state index contributed by atoms with van der Waals surface area (Å²) in [5.74, 6) is -1.26. The van der Waals surface area contributed by atoms with Crippen LogP contribution in [0.1, 0.15) is 22.3 Å². The van der Waals surface area contributed by atoms with Crippen LogP contribution in [-0.4, -0.2) is 74.0 Å². The Balaban J connectivity index is 1.60. The van der Waals surface area contributed by atoms with Gasteiger partial charge in [0.05, 0.1) is 41.7 Å². The van der Waals surface area contributed by atoms with Gasteiger partial charge in [-0.05, 0) is 95.8 Å². The third kappa shape index (κ3) is 10.8. The first-order valence-electron chi connectivity index (χ1n) is 16.2. The fraction of sp³-hybridized carbons (Fsp3) is 0.250. The molecule has 0 aliphatic rings. The maximum Gasteiger partial charge on any atom is 0.330 e. The number of hydrogen-bond acceptors (Lipinski definition) is 12. The number of esters is 2. The highest BCUT2D eigenvalue weighted by molar-refractivity contribution is 5.87. The maximum atomic E-state index is 13.0. The summed E-state index contributed by atoms with van der Waals surface area (Å²) >= 11 is 0. The molecule has 0 aliphatic heterocycles. The van der Waals surface area contributed by atoms with Crippen LogP contribution in [0.3, 0.4) is 0 Å². The lowest BCUT2D eigenvalue weighted by Gasteiger charge is -2.27. The van der Waals surface area contributed by atoms with E-state index in [0.29, 0.717) is 29.7 Å². The molecule has 0 radical (unpaired) electrons. The van der Waals surface area contributed by atoms with Gasteiger partial charge in [-0.15, -0.1) is 0 Å². The highest BCUT2D eigenvalue weighted by atomic mass is 16.5. The maximum absolute atomic E-state index is 13.0. The van der Waals surface area contributed by atoms with E-state index < -0.39 is 23.8 Å². The zero-order chi connectivity index (χ0) is 37.6. The van der Waals surface area contributed by atoms with Gasteiger partial charge in [-0.2, -0.15) is 0 Å². The molecule has 0 aliphatic carbocycles. The molecule has 4 aromatic carbocycles. The lowest BCUT2D eigenvalue weighted by atomic mass is 9.83. The molecule has 0 heterocycles. The Kier molecular flexibility index (Phi) is 13.8. The molecule has 4 aromatic rings. The van der Waals surface area contributed by atoms with Crippen LogP contribution in [0.25, 0.3) is 12.2 Å². The number of carbonyl (C=O) groups excluding carboxylic acids is 2. The number of methoxy groups -OCH3 is 4. The molecular weight excluding hydrogens is 672 g/mol. The molecule has 4 rings (SSSR count). The van der Waals surface area contributed by atoms with Crippen LogP contribution in [-0.2, 0) is 31.9 Å². The SMILES string of the molecule is COc1ccc(C=CC(=O)OCC(Cc2ccc(O)c(OC)c2)C(COC(=O)C=Cc2ccc(O)c(OC)c2)Cc2ccc(O)c(OC)c2)cc1O. The summed E-state index contributed by atoms with van der Waals surface area (Å²) in [5.41, 5.74) is 2.68. The zero-order valence-corrected chi connectivity index (χ0v) is 29.3. The van der Waals surface area contributed by atoms with Crippen molar-refractivity contribution in [2.45, 2.75) is 12.8 Å². The first-order chi connectivity index (χ1) is 25.0. The van der Waals surface area contributed by atoms with E-state index in [1.165, 1.54) is 77.0 Å². The average molecular weight is 715 g/mol. The zero-order valence-electron chi connectivity index (χ0n) is 29.3. The molecule has 0 aromatic heterocycles. The van der Waals surface area contributed by atoms with Crippen molar-refractivity contribution < 1.29 is 58.4 Å². The molecule has 4 N–H and O–H groups in total. The van der Waals surface area contributed by atoms with E-state index in [0.717, 1.165) is 11.1 Å². The number of rotatable bonds is 17. The average Bonchev–Trinajstić information content (AvgIpc) is 3.15. The lowest BCUT2D eigenvalue weighted by molar-refractivity contribution is -0.143. The lowest BCUT2D eigenvalue weighted by Crippen LogP contribution is -2.30. The Hall–Kier alpha value is -6.30. The molecule has 0 saturated carbocycles. The Labute approximate surface area is 301 Å². The van der Waals surface area contributed by atoms with Gasteiger partial charge >= 0.3 is 11.9 Å². The van der Waals surface area contributed by atoms with Crippen molar-refractivity contribution in [3.63, 3.8) is 0 Å². The van der Waals surface area contributed by atoms with Gasteiger partial charge < -0.3 is 48.8 Å². The summed E-state index contributed by atoms with van der Waals surface area (Å²) in [5, 5.41) is 40.4. The fourth-order valence-electron chi connectivity index (χ4n) is 5.44. The minimum atomic E-state index is -0.641. The normalized spacial score (nSPS) is 12.3. The number of aromatic hydroxyl groups is 4. The van der Waals surface area contributed by atoms with Gasteiger partial charge in [0, 0.05) is 24.0 Å². The number of phenolic OH excluding ortho intramolecular Hbond substituents is 4. The second kappa shape index (κ2) is 18.6. The minimum absolute atomic E-state index is 0.0376. The Morgan fingerprint density at radius 3 is 1.37 bits per heavy atom. The van der Waals surface area contributed by atoms with Crippen LogP contribution < -0.4 is 18.9 Å². The van der Waals surface area contributed by atoms with Crippen LogP contribution >= 0.6 is 0 Å². The highest BCUT2D eigenvalue weighted by Gasteiger charge is 2.26. The predicted octanol–water partition coefficient (Wildman–Crippen LogP) is 6.07. The molecule has 12 heteroatoms. The largest absolute Gasteiger partial charge is 0.504 e. The molecule has 12 nitrogen and oxygen atoms in total. The van der Waals surface area contributed by atoms with Crippen LogP contribution in [0.15, 0.2) is 84.9 Å². The first kappa shape index (κ1) is 38.5. The number of benzene rings is 4. The third-order valence-electron chi connectivity index (χ3n) is 8.26.